The molecule has 5 atom stereocenters. The van der Waals surface area contributed by atoms with Crippen molar-refractivity contribution in [2.45, 2.75) is 85.0 Å². The third kappa shape index (κ3) is 2.73. The van der Waals surface area contributed by atoms with Crippen LogP contribution in [0.4, 0.5) is 5.69 Å². The Kier molecular flexibility index (Phi) is 4.93. The fraction of sp³-hybridized carbons (Fsp3) is 0.680. The molecule has 2 saturated carbocycles. The Morgan fingerprint density at radius 3 is 2.67 bits per heavy atom. The van der Waals surface area contributed by atoms with Crippen LogP contribution in [0.25, 0.3) is 4.85 Å². The van der Waals surface area contributed by atoms with Gasteiger partial charge in [0.15, 0.2) is 5.69 Å². The highest BCUT2D eigenvalue weighted by Gasteiger charge is 2.65. The fourth-order valence-corrected chi connectivity index (χ4v) is 6.69. The SMILES string of the molecule is [C-]#[N+]c1cc(OC23CCC(O)C(C)(C)C2CCC(C)C3(C)CC)c2c(c1)C(=O)NC2. The van der Waals surface area contributed by atoms with Crippen LogP contribution in [0, 0.1) is 29.2 Å². The third-order valence-electron chi connectivity index (χ3n) is 9.07. The molecule has 5 heteroatoms. The van der Waals surface area contributed by atoms with Gasteiger partial charge in [-0.1, -0.05) is 34.6 Å². The van der Waals surface area contributed by atoms with Gasteiger partial charge >= 0.3 is 0 Å². The van der Waals surface area contributed by atoms with E-state index in [9.17, 15) is 9.90 Å². The third-order valence-corrected chi connectivity index (χ3v) is 9.07. The molecule has 0 bridgehead atoms. The normalized spacial score (nSPS) is 37.0. The Bertz CT molecular complexity index is 918. The Hall–Kier alpha value is -2.06. The summed E-state index contributed by atoms with van der Waals surface area (Å²) in [7, 11) is 0. The lowest BCUT2D eigenvalue weighted by molar-refractivity contribution is -0.227. The van der Waals surface area contributed by atoms with Gasteiger partial charge in [0.2, 0.25) is 0 Å². The van der Waals surface area contributed by atoms with Gasteiger partial charge in [-0.3, -0.25) is 4.79 Å². The van der Waals surface area contributed by atoms with Gasteiger partial charge in [0.1, 0.15) is 11.4 Å². The molecule has 30 heavy (non-hydrogen) atoms. The smallest absolute Gasteiger partial charge is 0.250 e. The van der Waals surface area contributed by atoms with Gasteiger partial charge in [-0.25, -0.2) is 4.85 Å². The van der Waals surface area contributed by atoms with Gasteiger partial charge in [0.25, 0.3) is 5.91 Å². The lowest BCUT2D eigenvalue weighted by Gasteiger charge is -2.65. The Balaban J connectivity index is 1.90. The number of carbonyl (C=O) groups excluding carboxylic acids is 1. The molecule has 1 heterocycles. The molecule has 162 valence electrons. The molecule has 5 nitrogen and oxygen atoms in total. The second kappa shape index (κ2) is 6.99. The van der Waals surface area contributed by atoms with E-state index in [1.54, 1.807) is 6.07 Å². The fourth-order valence-electron chi connectivity index (χ4n) is 6.69. The molecule has 1 aromatic rings. The number of hydrogen-bond donors (Lipinski definition) is 2. The van der Waals surface area contributed by atoms with Crippen molar-refractivity contribution in [1.29, 1.82) is 0 Å². The van der Waals surface area contributed by atoms with Gasteiger partial charge < -0.3 is 15.2 Å². The van der Waals surface area contributed by atoms with E-state index in [2.05, 4.69) is 44.8 Å². The number of fused-ring (bicyclic) bond motifs is 2. The molecule has 4 rings (SSSR count). The lowest BCUT2D eigenvalue weighted by Crippen LogP contribution is -2.68. The number of nitrogens with zero attached hydrogens (tertiary/aromatic N) is 1. The van der Waals surface area contributed by atoms with Crippen LogP contribution >= 0.6 is 0 Å². The van der Waals surface area contributed by atoms with Gasteiger partial charge in [-0.15, -0.1) is 0 Å². The summed E-state index contributed by atoms with van der Waals surface area (Å²) in [6.45, 7) is 19.2. The minimum atomic E-state index is -0.442. The van der Waals surface area contributed by atoms with Gasteiger partial charge in [0.05, 0.1) is 12.7 Å². The first-order chi connectivity index (χ1) is 14.1. The number of carbonyl (C=O) groups is 1. The maximum absolute atomic E-state index is 12.3. The van der Waals surface area contributed by atoms with Crippen LogP contribution in [0.3, 0.4) is 0 Å². The van der Waals surface area contributed by atoms with Crippen LogP contribution in [0.15, 0.2) is 12.1 Å². The number of aliphatic hydroxyl groups is 1. The topological polar surface area (TPSA) is 62.9 Å². The summed E-state index contributed by atoms with van der Waals surface area (Å²) in [6, 6.07) is 3.48. The number of ether oxygens (including phenoxy) is 1. The number of nitrogens with one attached hydrogen (secondary N) is 1. The number of benzene rings is 1. The summed E-state index contributed by atoms with van der Waals surface area (Å²) < 4.78 is 7.09. The van der Waals surface area contributed by atoms with Gasteiger partial charge in [-0.2, -0.15) is 0 Å². The minimum Gasteiger partial charge on any atom is -0.487 e. The van der Waals surface area contributed by atoms with Crippen LogP contribution in [-0.2, 0) is 6.54 Å². The summed E-state index contributed by atoms with van der Waals surface area (Å²) in [5.41, 5.74) is 1.09. The van der Waals surface area contributed by atoms with Crippen molar-refractivity contribution in [3.63, 3.8) is 0 Å². The van der Waals surface area contributed by atoms with E-state index in [4.69, 9.17) is 11.3 Å². The molecule has 1 aliphatic heterocycles. The molecule has 2 aliphatic carbocycles. The summed E-state index contributed by atoms with van der Waals surface area (Å²) in [4.78, 5) is 15.9. The average Bonchev–Trinajstić information content (AvgIpc) is 3.09. The van der Waals surface area contributed by atoms with E-state index in [0.29, 0.717) is 35.9 Å². The van der Waals surface area contributed by atoms with Crippen LogP contribution in [0.5, 0.6) is 5.75 Å². The zero-order valence-electron chi connectivity index (χ0n) is 18.8. The zero-order chi connectivity index (χ0) is 21.9. The van der Waals surface area contributed by atoms with E-state index in [0.717, 1.165) is 31.2 Å². The van der Waals surface area contributed by atoms with Crippen molar-refractivity contribution in [1.82, 2.24) is 5.32 Å². The molecule has 2 fully saturated rings. The van der Waals surface area contributed by atoms with Crippen molar-refractivity contribution < 1.29 is 14.6 Å². The molecular formula is C25H34N2O3. The van der Waals surface area contributed by atoms with Crippen molar-refractivity contribution >= 4 is 11.6 Å². The van der Waals surface area contributed by atoms with E-state index in [1.807, 2.05) is 6.07 Å². The zero-order valence-corrected chi connectivity index (χ0v) is 18.8. The summed E-state index contributed by atoms with van der Waals surface area (Å²) in [5.74, 6) is 1.22. The molecular weight excluding hydrogens is 376 g/mol. The first-order valence-electron chi connectivity index (χ1n) is 11.3. The van der Waals surface area contributed by atoms with E-state index in [-0.39, 0.29) is 28.8 Å². The molecule has 5 unspecified atom stereocenters. The average molecular weight is 411 g/mol. The minimum absolute atomic E-state index is 0.0651. The van der Waals surface area contributed by atoms with E-state index < -0.39 is 5.60 Å². The highest BCUT2D eigenvalue weighted by Crippen LogP contribution is 2.64. The molecule has 0 aromatic heterocycles. The molecule has 0 spiro atoms. The highest BCUT2D eigenvalue weighted by molar-refractivity contribution is 6.00. The Morgan fingerprint density at radius 1 is 1.27 bits per heavy atom. The van der Waals surface area contributed by atoms with Crippen LogP contribution in [0.2, 0.25) is 0 Å². The second-order valence-electron chi connectivity index (χ2n) is 10.4. The molecule has 2 N–H and O–H groups in total. The maximum atomic E-state index is 12.3. The largest absolute Gasteiger partial charge is 0.487 e. The molecule has 1 aromatic carbocycles. The van der Waals surface area contributed by atoms with Crippen molar-refractivity contribution in [2.75, 3.05) is 0 Å². The highest BCUT2D eigenvalue weighted by atomic mass is 16.5. The number of amides is 1. The predicted molar refractivity (Wildman–Crippen MR) is 117 cm³/mol. The standard InChI is InChI=1S/C25H34N2O3/c1-7-24(5)15(2)8-9-20-23(3,4)21(28)10-11-25(20,24)30-19-13-16(26-6)12-17-18(19)14-27-22(17)29/h12-13,15,20-21,28H,7-11,14H2,1-5H3,(H,27,29). The molecule has 0 saturated heterocycles. The monoisotopic (exact) mass is 410 g/mol. The van der Waals surface area contributed by atoms with E-state index in [1.165, 1.54) is 0 Å². The van der Waals surface area contributed by atoms with Crippen molar-refractivity contribution in [2.24, 2.45) is 22.7 Å². The van der Waals surface area contributed by atoms with Crippen molar-refractivity contribution in [3.05, 3.63) is 34.7 Å². The predicted octanol–water partition coefficient (Wildman–Crippen LogP) is 5.24. The van der Waals surface area contributed by atoms with Crippen LogP contribution in [0.1, 0.15) is 82.6 Å². The first kappa shape index (κ1) is 21.2. The van der Waals surface area contributed by atoms with Gasteiger partial charge in [-0.05, 0) is 55.6 Å². The number of rotatable bonds is 3. The Morgan fingerprint density at radius 2 is 2.00 bits per heavy atom. The van der Waals surface area contributed by atoms with Crippen molar-refractivity contribution in [3.8, 4) is 5.75 Å². The summed E-state index contributed by atoms with van der Waals surface area (Å²) in [6.07, 6.45) is 4.26. The van der Waals surface area contributed by atoms with Crippen LogP contribution < -0.4 is 10.1 Å². The second-order valence-corrected chi connectivity index (χ2v) is 10.4. The van der Waals surface area contributed by atoms with E-state index >= 15 is 0 Å². The maximum Gasteiger partial charge on any atom is 0.250 e. The summed E-state index contributed by atoms with van der Waals surface area (Å²) in [5, 5.41) is 13.8. The number of hydrogen-bond acceptors (Lipinski definition) is 3. The first-order valence-corrected chi connectivity index (χ1v) is 11.3. The molecule has 1 amide bonds. The lowest BCUT2D eigenvalue weighted by atomic mass is 9.44. The quantitative estimate of drug-likeness (QED) is 0.670. The summed E-state index contributed by atoms with van der Waals surface area (Å²) >= 11 is 0. The van der Waals surface area contributed by atoms with Crippen LogP contribution in [-0.4, -0.2) is 22.7 Å². The molecule has 0 radical (unpaired) electrons. The van der Waals surface area contributed by atoms with Gasteiger partial charge in [0, 0.05) is 29.0 Å². The molecule has 3 aliphatic rings. The Labute approximate surface area is 180 Å². The number of aliphatic hydroxyl groups excluding tert-OH is 1.